The van der Waals surface area contributed by atoms with Crippen molar-refractivity contribution in [1.29, 1.82) is 0 Å². The van der Waals surface area contributed by atoms with Gasteiger partial charge >= 0.3 is 5.69 Å². The first-order valence-corrected chi connectivity index (χ1v) is 12.1. The third-order valence-corrected chi connectivity index (χ3v) is 7.03. The van der Waals surface area contributed by atoms with E-state index in [4.69, 9.17) is 0 Å². The number of anilines is 1. The van der Waals surface area contributed by atoms with Crippen LogP contribution in [-0.4, -0.2) is 69.6 Å². The molecular weight excluding hydrogens is 440 g/mol. The molecule has 1 amide bonds. The molecule has 3 heterocycles. The number of hydrogen-bond donors (Lipinski definition) is 1. The highest BCUT2D eigenvalue weighted by atomic mass is 16.2. The summed E-state index contributed by atoms with van der Waals surface area (Å²) in [7, 11) is 5.65. The van der Waals surface area contributed by atoms with E-state index in [-0.39, 0.29) is 11.6 Å². The Hall–Kier alpha value is -3.49. The Morgan fingerprint density at radius 2 is 1.80 bits per heavy atom. The fourth-order valence-electron chi connectivity index (χ4n) is 5.26. The van der Waals surface area contributed by atoms with Gasteiger partial charge in [0, 0.05) is 57.5 Å². The van der Waals surface area contributed by atoms with E-state index in [9.17, 15) is 9.59 Å². The standard InChI is InChI=1S/C27H32N6O2/c1-30-12-13-33(17-19(16-30)14-21-7-4-6-20-8-5-11-28-26(20)21)18-25(34)29-22-9-10-23-24(15-22)32(3)27(35)31(23)2/h4-11,15,19H,12-14,16-18H2,1-3H3,(H,29,34)/t19-/m0/s1. The van der Waals surface area contributed by atoms with Gasteiger partial charge in [0.2, 0.25) is 5.91 Å². The molecule has 0 saturated carbocycles. The number of pyridine rings is 1. The van der Waals surface area contributed by atoms with Gasteiger partial charge < -0.3 is 10.2 Å². The predicted molar refractivity (Wildman–Crippen MR) is 140 cm³/mol. The molecule has 0 unspecified atom stereocenters. The summed E-state index contributed by atoms with van der Waals surface area (Å²) in [6, 6.07) is 16.0. The molecule has 1 aliphatic rings. The molecule has 0 spiro atoms. The molecule has 2 aromatic heterocycles. The largest absolute Gasteiger partial charge is 0.328 e. The smallest absolute Gasteiger partial charge is 0.325 e. The van der Waals surface area contributed by atoms with Crippen molar-refractivity contribution in [2.24, 2.45) is 20.0 Å². The molecule has 1 aliphatic heterocycles. The lowest BCUT2D eigenvalue weighted by Crippen LogP contribution is -2.37. The summed E-state index contributed by atoms with van der Waals surface area (Å²) in [5.41, 5.74) is 4.59. The summed E-state index contributed by atoms with van der Waals surface area (Å²) in [5.74, 6) is 0.360. The van der Waals surface area contributed by atoms with Crippen molar-refractivity contribution < 1.29 is 4.79 Å². The number of carbonyl (C=O) groups is 1. The third-order valence-electron chi connectivity index (χ3n) is 7.03. The molecule has 1 saturated heterocycles. The Balaban J connectivity index is 1.28. The number of fused-ring (bicyclic) bond motifs is 2. The van der Waals surface area contributed by atoms with Gasteiger partial charge in [0.05, 0.1) is 23.1 Å². The number of aryl methyl sites for hydroxylation is 2. The number of hydrogen-bond acceptors (Lipinski definition) is 5. The number of likely N-dealkylation sites (N-methyl/N-ethyl adjacent to an activating group) is 1. The molecule has 0 radical (unpaired) electrons. The lowest BCUT2D eigenvalue weighted by molar-refractivity contribution is -0.117. The van der Waals surface area contributed by atoms with E-state index in [0.717, 1.165) is 54.5 Å². The van der Waals surface area contributed by atoms with Crippen molar-refractivity contribution in [3.05, 3.63) is 70.8 Å². The van der Waals surface area contributed by atoms with Crippen LogP contribution in [0.4, 0.5) is 5.69 Å². The summed E-state index contributed by atoms with van der Waals surface area (Å²) in [6.07, 6.45) is 2.78. The lowest BCUT2D eigenvalue weighted by Gasteiger charge is -2.24. The summed E-state index contributed by atoms with van der Waals surface area (Å²) in [6.45, 7) is 3.95. The first-order valence-electron chi connectivity index (χ1n) is 12.1. The normalized spacial score (nSPS) is 17.6. The van der Waals surface area contributed by atoms with Gasteiger partial charge in [-0.3, -0.25) is 23.8 Å². The Labute approximate surface area is 204 Å². The average molecular weight is 473 g/mol. The topological polar surface area (TPSA) is 75.4 Å². The molecule has 5 rings (SSSR count). The zero-order valence-electron chi connectivity index (χ0n) is 20.6. The van der Waals surface area contributed by atoms with E-state index in [2.05, 4.69) is 51.4 Å². The minimum Gasteiger partial charge on any atom is -0.325 e. The van der Waals surface area contributed by atoms with Crippen LogP contribution in [0.25, 0.3) is 21.9 Å². The van der Waals surface area contributed by atoms with Crippen molar-refractivity contribution >= 4 is 33.5 Å². The van der Waals surface area contributed by atoms with E-state index in [0.29, 0.717) is 18.2 Å². The summed E-state index contributed by atoms with van der Waals surface area (Å²) in [5, 5.41) is 4.19. The van der Waals surface area contributed by atoms with E-state index in [1.165, 1.54) is 5.56 Å². The minimum atomic E-state index is -0.0791. The number of aromatic nitrogens is 3. The molecule has 35 heavy (non-hydrogen) atoms. The van der Waals surface area contributed by atoms with E-state index >= 15 is 0 Å². The minimum absolute atomic E-state index is 0.0413. The molecule has 1 fully saturated rings. The van der Waals surface area contributed by atoms with E-state index in [1.807, 2.05) is 30.5 Å². The van der Waals surface area contributed by atoms with Crippen LogP contribution < -0.4 is 11.0 Å². The van der Waals surface area contributed by atoms with Crippen molar-refractivity contribution in [2.75, 3.05) is 45.1 Å². The van der Waals surface area contributed by atoms with Crippen LogP contribution >= 0.6 is 0 Å². The van der Waals surface area contributed by atoms with Gasteiger partial charge in [-0.25, -0.2) is 4.79 Å². The maximum absolute atomic E-state index is 13.0. The molecule has 8 nitrogen and oxygen atoms in total. The van der Waals surface area contributed by atoms with Gasteiger partial charge in [0.1, 0.15) is 0 Å². The van der Waals surface area contributed by atoms with Gasteiger partial charge in [0.15, 0.2) is 0 Å². The molecule has 4 aromatic rings. The Morgan fingerprint density at radius 1 is 1.00 bits per heavy atom. The fourth-order valence-corrected chi connectivity index (χ4v) is 5.26. The first-order chi connectivity index (χ1) is 16.9. The summed E-state index contributed by atoms with van der Waals surface area (Å²) >= 11 is 0. The van der Waals surface area contributed by atoms with Crippen molar-refractivity contribution in [3.63, 3.8) is 0 Å². The van der Waals surface area contributed by atoms with Gasteiger partial charge in [-0.05, 0) is 49.2 Å². The maximum Gasteiger partial charge on any atom is 0.328 e. The zero-order valence-corrected chi connectivity index (χ0v) is 20.6. The number of rotatable bonds is 5. The number of nitrogens with zero attached hydrogens (tertiary/aromatic N) is 5. The van der Waals surface area contributed by atoms with Crippen LogP contribution in [-0.2, 0) is 25.3 Å². The van der Waals surface area contributed by atoms with Crippen LogP contribution in [0.3, 0.4) is 0 Å². The second kappa shape index (κ2) is 9.64. The Kier molecular flexibility index (Phi) is 6.40. The van der Waals surface area contributed by atoms with Crippen LogP contribution in [0.15, 0.2) is 59.5 Å². The van der Waals surface area contributed by atoms with Crippen LogP contribution in [0.1, 0.15) is 5.56 Å². The van der Waals surface area contributed by atoms with Gasteiger partial charge in [0.25, 0.3) is 0 Å². The molecule has 0 bridgehead atoms. The van der Waals surface area contributed by atoms with Crippen LogP contribution in [0.5, 0.6) is 0 Å². The number of para-hydroxylation sites is 1. The lowest BCUT2D eigenvalue weighted by atomic mass is 9.96. The number of imidazole rings is 1. The first kappa shape index (κ1) is 23.3. The van der Waals surface area contributed by atoms with E-state index in [1.54, 1.807) is 23.2 Å². The fraction of sp³-hybridized carbons (Fsp3) is 0.370. The van der Waals surface area contributed by atoms with Crippen LogP contribution in [0.2, 0.25) is 0 Å². The molecule has 2 aromatic carbocycles. The van der Waals surface area contributed by atoms with Crippen molar-refractivity contribution in [2.45, 2.75) is 6.42 Å². The predicted octanol–water partition coefficient (Wildman–Crippen LogP) is 2.47. The Bertz CT molecular complexity index is 1430. The molecular formula is C27H32N6O2. The number of carbonyl (C=O) groups excluding carboxylic acids is 1. The summed E-state index contributed by atoms with van der Waals surface area (Å²) < 4.78 is 3.21. The zero-order chi connectivity index (χ0) is 24.5. The van der Waals surface area contributed by atoms with Crippen molar-refractivity contribution in [1.82, 2.24) is 23.9 Å². The van der Waals surface area contributed by atoms with E-state index < -0.39 is 0 Å². The van der Waals surface area contributed by atoms with Gasteiger partial charge in [-0.1, -0.05) is 24.3 Å². The molecule has 0 aliphatic carbocycles. The number of amides is 1. The molecule has 8 heteroatoms. The molecule has 182 valence electrons. The highest BCUT2D eigenvalue weighted by Crippen LogP contribution is 2.22. The molecule has 1 N–H and O–H groups in total. The van der Waals surface area contributed by atoms with Crippen LogP contribution in [0, 0.1) is 5.92 Å². The van der Waals surface area contributed by atoms with Gasteiger partial charge in [-0.15, -0.1) is 0 Å². The maximum atomic E-state index is 13.0. The Morgan fingerprint density at radius 3 is 2.66 bits per heavy atom. The second-order valence-electron chi connectivity index (χ2n) is 9.71. The quantitative estimate of drug-likeness (QED) is 0.483. The second-order valence-corrected chi connectivity index (χ2v) is 9.71. The monoisotopic (exact) mass is 472 g/mol. The molecule has 1 atom stereocenters. The third kappa shape index (κ3) is 4.85. The highest BCUT2D eigenvalue weighted by molar-refractivity contribution is 5.94. The number of benzene rings is 2. The average Bonchev–Trinajstić information content (AvgIpc) is 2.96. The van der Waals surface area contributed by atoms with Crippen molar-refractivity contribution in [3.8, 4) is 0 Å². The summed E-state index contributed by atoms with van der Waals surface area (Å²) in [4.78, 5) is 34.4. The highest BCUT2D eigenvalue weighted by Gasteiger charge is 2.23. The number of nitrogens with one attached hydrogen (secondary N) is 1. The van der Waals surface area contributed by atoms with Gasteiger partial charge in [-0.2, -0.15) is 0 Å². The SMILES string of the molecule is CN1CCN(CC(=O)Nc2ccc3c(c2)n(C)c(=O)n3C)C[C@@H](Cc2cccc3cccnc23)C1.